The average Bonchev–Trinajstić information content (AvgIpc) is 3.14. The van der Waals surface area contributed by atoms with Crippen LogP contribution in [0.5, 0.6) is 0 Å². The Balaban J connectivity index is 1.25. The molecule has 31 heavy (non-hydrogen) atoms. The van der Waals surface area contributed by atoms with E-state index < -0.39 is 0 Å². The van der Waals surface area contributed by atoms with Crippen molar-refractivity contribution in [2.45, 2.75) is 51.9 Å². The highest BCUT2D eigenvalue weighted by Crippen LogP contribution is 2.23. The van der Waals surface area contributed by atoms with Gasteiger partial charge in [-0.1, -0.05) is 24.9 Å². The van der Waals surface area contributed by atoms with Crippen molar-refractivity contribution in [3.8, 4) is 11.4 Å². The van der Waals surface area contributed by atoms with Gasteiger partial charge >= 0.3 is 11.8 Å². The van der Waals surface area contributed by atoms with Gasteiger partial charge in [0.15, 0.2) is 0 Å². The molecule has 1 N–H and O–H groups in total. The van der Waals surface area contributed by atoms with Gasteiger partial charge in [-0.25, -0.2) is 0 Å². The Hall–Kier alpha value is -2.41. The first-order valence-corrected chi connectivity index (χ1v) is 11.9. The lowest BCUT2D eigenvalue weighted by Gasteiger charge is -2.30. The Bertz CT molecular complexity index is 819. The largest absolute Gasteiger partial charge is 0.372 e. The van der Waals surface area contributed by atoms with Crippen molar-refractivity contribution in [3.63, 3.8) is 0 Å². The van der Waals surface area contributed by atoms with E-state index in [0.29, 0.717) is 12.4 Å². The fourth-order valence-electron chi connectivity index (χ4n) is 4.45. The van der Waals surface area contributed by atoms with Gasteiger partial charge in [-0.15, -0.1) is 0 Å². The van der Waals surface area contributed by atoms with Crippen LogP contribution < -0.4 is 10.2 Å². The highest BCUT2D eigenvalue weighted by molar-refractivity contribution is 5.89. The van der Waals surface area contributed by atoms with E-state index in [-0.39, 0.29) is 11.8 Å². The monoisotopic (exact) mass is 425 g/mol. The predicted octanol–water partition coefficient (Wildman–Crippen LogP) is 3.97. The van der Waals surface area contributed by atoms with Crippen LogP contribution in [0.3, 0.4) is 0 Å². The van der Waals surface area contributed by atoms with E-state index in [2.05, 4.69) is 44.3 Å². The Morgan fingerprint density at radius 3 is 2.48 bits per heavy atom. The molecule has 7 heteroatoms. The topological polar surface area (TPSA) is 74.5 Å². The SMILES string of the molecule is CC1CCN(CCCNC(=O)c2nc(-c3ccc(N4CCCCCC4)cc3)no2)CC1. The van der Waals surface area contributed by atoms with Crippen LogP contribution in [0.15, 0.2) is 28.8 Å². The van der Waals surface area contributed by atoms with E-state index in [1.807, 2.05) is 12.1 Å². The highest BCUT2D eigenvalue weighted by atomic mass is 16.5. The van der Waals surface area contributed by atoms with E-state index in [4.69, 9.17) is 4.52 Å². The van der Waals surface area contributed by atoms with Crippen molar-refractivity contribution >= 4 is 11.6 Å². The standard InChI is InChI=1S/C24H35N5O2/c1-19-11-17-28(18-12-19)14-6-13-25-23(30)24-26-22(27-31-24)20-7-9-21(10-8-20)29-15-4-2-3-5-16-29/h7-10,19H,2-6,11-18H2,1H3,(H,25,30). The molecule has 2 fully saturated rings. The van der Waals surface area contributed by atoms with Gasteiger partial charge in [-0.05, 0) is 81.9 Å². The molecule has 0 unspecified atom stereocenters. The zero-order valence-electron chi connectivity index (χ0n) is 18.7. The summed E-state index contributed by atoms with van der Waals surface area (Å²) in [6.07, 6.45) is 8.62. The minimum atomic E-state index is -0.299. The first-order valence-electron chi connectivity index (χ1n) is 11.9. The van der Waals surface area contributed by atoms with E-state index in [1.54, 1.807) is 0 Å². The summed E-state index contributed by atoms with van der Waals surface area (Å²) < 4.78 is 5.21. The van der Waals surface area contributed by atoms with Crippen LogP contribution >= 0.6 is 0 Å². The summed E-state index contributed by atoms with van der Waals surface area (Å²) in [7, 11) is 0. The molecule has 1 aromatic carbocycles. The fraction of sp³-hybridized carbons (Fsp3) is 0.625. The van der Waals surface area contributed by atoms with Gasteiger partial charge in [-0.2, -0.15) is 4.98 Å². The van der Waals surface area contributed by atoms with Gasteiger partial charge in [0.05, 0.1) is 0 Å². The van der Waals surface area contributed by atoms with Gasteiger partial charge < -0.3 is 19.6 Å². The molecule has 2 aliphatic heterocycles. The maximum Gasteiger partial charge on any atom is 0.316 e. The summed E-state index contributed by atoms with van der Waals surface area (Å²) in [4.78, 5) is 21.6. The number of hydrogen-bond donors (Lipinski definition) is 1. The summed E-state index contributed by atoms with van der Waals surface area (Å²) in [6, 6.07) is 8.23. The number of nitrogens with zero attached hydrogens (tertiary/aromatic N) is 4. The molecule has 2 aromatic rings. The normalized spacial score (nSPS) is 18.7. The highest BCUT2D eigenvalue weighted by Gasteiger charge is 2.18. The molecular weight excluding hydrogens is 390 g/mol. The molecule has 2 saturated heterocycles. The van der Waals surface area contributed by atoms with Crippen LogP contribution in [0.25, 0.3) is 11.4 Å². The molecule has 1 amide bonds. The number of rotatable bonds is 7. The molecule has 0 spiro atoms. The molecule has 0 radical (unpaired) electrons. The third-order valence-corrected chi connectivity index (χ3v) is 6.53. The molecule has 2 aliphatic rings. The van der Waals surface area contributed by atoms with E-state index in [9.17, 15) is 4.79 Å². The number of carbonyl (C=O) groups excluding carboxylic acids is 1. The van der Waals surface area contributed by atoms with Gasteiger partial charge in [0.25, 0.3) is 0 Å². The number of nitrogens with one attached hydrogen (secondary N) is 1. The lowest BCUT2D eigenvalue weighted by Crippen LogP contribution is -2.35. The van der Waals surface area contributed by atoms with Crippen molar-refractivity contribution in [2.75, 3.05) is 44.2 Å². The molecule has 7 nitrogen and oxygen atoms in total. The smallest absolute Gasteiger partial charge is 0.316 e. The molecular formula is C24H35N5O2. The molecule has 0 bridgehead atoms. The second-order valence-electron chi connectivity index (χ2n) is 9.00. The summed E-state index contributed by atoms with van der Waals surface area (Å²) >= 11 is 0. The molecule has 1 aromatic heterocycles. The number of benzene rings is 1. The Labute approximate surface area is 185 Å². The van der Waals surface area contributed by atoms with E-state index in [0.717, 1.165) is 37.5 Å². The van der Waals surface area contributed by atoms with Gasteiger partial charge in [0.1, 0.15) is 0 Å². The number of hydrogen-bond acceptors (Lipinski definition) is 6. The van der Waals surface area contributed by atoms with Crippen LogP contribution in [-0.2, 0) is 0 Å². The minimum Gasteiger partial charge on any atom is -0.372 e. The van der Waals surface area contributed by atoms with Crippen molar-refractivity contribution in [3.05, 3.63) is 30.2 Å². The second-order valence-corrected chi connectivity index (χ2v) is 9.00. The van der Waals surface area contributed by atoms with Gasteiger partial charge in [0, 0.05) is 30.9 Å². The van der Waals surface area contributed by atoms with Crippen molar-refractivity contribution < 1.29 is 9.32 Å². The zero-order valence-corrected chi connectivity index (χ0v) is 18.7. The Morgan fingerprint density at radius 1 is 1.06 bits per heavy atom. The summed E-state index contributed by atoms with van der Waals surface area (Å²) in [6.45, 7) is 8.52. The number of carbonyl (C=O) groups is 1. The zero-order chi connectivity index (χ0) is 21.5. The molecule has 168 valence electrons. The lowest BCUT2D eigenvalue weighted by atomic mass is 9.99. The lowest BCUT2D eigenvalue weighted by molar-refractivity contribution is 0.0907. The maximum atomic E-state index is 12.3. The average molecular weight is 426 g/mol. The van der Waals surface area contributed by atoms with Crippen molar-refractivity contribution in [1.29, 1.82) is 0 Å². The molecule has 3 heterocycles. The van der Waals surface area contributed by atoms with Crippen LogP contribution in [0, 0.1) is 5.92 Å². The number of aromatic nitrogens is 2. The van der Waals surface area contributed by atoms with Gasteiger partial charge in [-0.3, -0.25) is 4.79 Å². The van der Waals surface area contributed by atoms with Gasteiger partial charge in [0.2, 0.25) is 5.82 Å². The first kappa shape index (κ1) is 21.8. The third kappa shape index (κ3) is 6.06. The fourth-order valence-corrected chi connectivity index (χ4v) is 4.45. The summed E-state index contributed by atoms with van der Waals surface area (Å²) in [5.41, 5.74) is 2.09. The number of likely N-dealkylation sites (tertiary alicyclic amines) is 1. The molecule has 0 aliphatic carbocycles. The quantitative estimate of drug-likeness (QED) is 0.677. The number of piperidine rings is 1. The van der Waals surface area contributed by atoms with Crippen LogP contribution in [0.1, 0.15) is 62.6 Å². The van der Waals surface area contributed by atoms with Crippen LogP contribution in [0.2, 0.25) is 0 Å². The second kappa shape index (κ2) is 10.8. The Morgan fingerprint density at radius 2 is 1.77 bits per heavy atom. The predicted molar refractivity (Wildman–Crippen MR) is 122 cm³/mol. The maximum absolute atomic E-state index is 12.3. The van der Waals surface area contributed by atoms with Crippen molar-refractivity contribution in [1.82, 2.24) is 20.4 Å². The molecule has 0 atom stereocenters. The Kier molecular flexibility index (Phi) is 7.57. The molecule has 0 saturated carbocycles. The third-order valence-electron chi connectivity index (χ3n) is 6.53. The van der Waals surface area contributed by atoms with E-state index in [1.165, 1.54) is 57.3 Å². The summed E-state index contributed by atoms with van der Waals surface area (Å²) in [5, 5.41) is 6.91. The van der Waals surface area contributed by atoms with Crippen molar-refractivity contribution in [2.24, 2.45) is 5.92 Å². The van der Waals surface area contributed by atoms with Crippen LogP contribution in [-0.4, -0.2) is 60.2 Å². The summed E-state index contributed by atoms with van der Waals surface area (Å²) in [5.74, 6) is 1.02. The number of amides is 1. The minimum absolute atomic E-state index is 0.0263. The van der Waals surface area contributed by atoms with Crippen LogP contribution in [0.4, 0.5) is 5.69 Å². The first-order chi connectivity index (χ1) is 15.2. The van der Waals surface area contributed by atoms with E-state index >= 15 is 0 Å². The molecule has 4 rings (SSSR count). The number of anilines is 1.